The highest BCUT2D eigenvalue weighted by molar-refractivity contribution is 5.77. The molecular formula is C9H17NO2. The molecule has 0 heterocycles. The molecule has 1 rings (SSSR count). The van der Waals surface area contributed by atoms with Crippen LogP contribution in [0.5, 0.6) is 0 Å². The highest BCUT2D eigenvalue weighted by Crippen LogP contribution is 2.22. The van der Waals surface area contributed by atoms with Gasteiger partial charge in [0.2, 0.25) is 5.91 Å². The molecule has 0 saturated heterocycles. The Balaban J connectivity index is 2.48. The molecule has 0 aromatic heterocycles. The molecule has 3 nitrogen and oxygen atoms in total. The van der Waals surface area contributed by atoms with Crippen molar-refractivity contribution in [2.45, 2.75) is 44.6 Å². The maximum absolute atomic E-state index is 10.9. The fourth-order valence-corrected chi connectivity index (χ4v) is 1.80. The third-order valence-electron chi connectivity index (χ3n) is 2.59. The number of hydrogen-bond donors (Lipinski definition) is 2. The fraction of sp³-hybridized carbons (Fsp3) is 0.889. The predicted molar refractivity (Wildman–Crippen MR) is 46.4 cm³/mol. The highest BCUT2D eigenvalue weighted by atomic mass is 16.3. The zero-order chi connectivity index (χ0) is 8.97. The van der Waals surface area contributed by atoms with Crippen LogP contribution in [0.3, 0.4) is 0 Å². The summed E-state index contributed by atoms with van der Waals surface area (Å²) in [6.45, 7) is 0. The van der Waals surface area contributed by atoms with Gasteiger partial charge in [0.25, 0.3) is 0 Å². The Hall–Kier alpha value is -0.570. The third-order valence-corrected chi connectivity index (χ3v) is 2.59. The van der Waals surface area contributed by atoms with Crippen molar-refractivity contribution in [1.29, 1.82) is 0 Å². The zero-order valence-corrected chi connectivity index (χ0v) is 7.33. The van der Waals surface area contributed by atoms with Crippen LogP contribution in [0, 0.1) is 5.92 Å². The lowest BCUT2D eigenvalue weighted by Gasteiger charge is -2.22. The fourth-order valence-electron chi connectivity index (χ4n) is 1.80. The van der Waals surface area contributed by atoms with Crippen molar-refractivity contribution in [3.05, 3.63) is 0 Å². The molecule has 0 radical (unpaired) electrons. The van der Waals surface area contributed by atoms with Gasteiger partial charge in [0, 0.05) is 0 Å². The van der Waals surface area contributed by atoms with Crippen LogP contribution in [0.2, 0.25) is 0 Å². The van der Waals surface area contributed by atoms with Crippen LogP contribution in [0.25, 0.3) is 0 Å². The molecule has 12 heavy (non-hydrogen) atoms. The van der Waals surface area contributed by atoms with Crippen LogP contribution in [-0.2, 0) is 4.79 Å². The van der Waals surface area contributed by atoms with Crippen molar-refractivity contribution in [1.82, 2.24) is 0 Å². The van der Waals surface area contributed by atoms with Crippen LogP contribution in [-0.4, -0.2) is 17.1 Å². The average molecular weight is 171 g/mol. The Kier molecular flexibility index (Phi) is 3.53. The summed E-state index contributed by atoms with van der Waals surface area (Å²) in [5, 5.41) is 9.54. The normalized spacial score (nSPS) is 32.1. The number of amides is 1. The van der Waals surface area contributed by atoms with Gasteiger partial charge in [-0.15, -0.1) is 0 Å². The van der Waals surface area contributed by atoms with E-state index in [0.29, 0.717) is 0 Å². The smallest absolute Gasteiger partial charge is 0.223 e. The van der Waals surface area contributed by atoms with Gasteiger partial charge in [-0.05, 0) is 12.8 Å². The Morgan fingerprint density at radius 2 is 1.75 bits per heavy atom. The second kappa shape index (κ2) is 4.45. The molecular weight excluding hydrogens is 154 g/mol. The molecule has 0 bridgehead atoms. The number of carbonyl (C=O) groups excluding carboxylic acids is 1. The lowest BCUT2D eigenvalue weighted by Crippen LogP contribution is -2.34. The van der Waals surface area contributed by atoms with Crippen LogP contribution in [0.15, 0.2) is 0 Å². The van der Waals surface area contributed by atoms with Gasteiger partial charge in [-0.3, -0.25) is 4.79 Å². The summed E-state index contributed by atoms with van der Waals surface area (Å²) in [5.41, 5.74) is 5.18. The first-order chi connectivity index (χ1) is 5.72. The molecule has 0 aromatic carbocycles. The lowest BCUT2D eigenvalue weighted by molar-refractivity contribution is -0.126. The Labute approximate surface area is 72.9 Å². The van der Waals surface area contributed by atoms with Crippen LogP contribution < -0.4 is 5.73 Å². The van der Waals surface area contributed by atoms with Gasteiger partial charge in [0.1, 0.15) is 0 Å². The molecule has 3 N–H and O–H groups in total. The van der Waals surface area contributed by atoms with Crippen molar-refractivity contribution >= 4 is 5.91 Å². The van der Waals surface area contributed by atoms with E-state index in [0.717, 1.165) is 32.1 Å². The lowest BCUT2D eigenvalue weighted by atomic mass is 9.88. The SMILES string of the molecule is NC(=O)[C@@H]1CCCCCC[C@H]1O. The molecule has 1 saturated carbocycles. The van der Waals surface area contributed by atoms with E-state index in [1.54, 1.807) is 0 Å². The molecule has 70 valence electrons. The van der Waals surface area contributed by atoms with Crippen molar-refractivity contribution in [2.24, 2.45) is 11.7 Å². The first kappa shape index (κ1) is 9.52. The summed E-state index contributed by atoms with van der Waals surface area (Å²) < 4.78 is 0. The van der Waals surface area contributed by atoms with E-state index in [1.807, 2.05) is 0 Å². The van der Waals surface area contributed by atoms with Crippen molar-refractivity contribution in [3.8, 4) is 0 Å². The molecule has 2 atom stereocenters. The standard InChI is InChI=1S/C9H17NO2/c10-9(12)7-5-3-1-2-4-6-8(7)11/h7-8,11H,1-6H2,(H2,10,12)/t7-,8-/m1/s1. The van der Waals surface area contributed by atoms with Gasteiger partial charge in [-0.1, -0.05) is 25.7 Å². The van der Waals surface area contributed by atoms with E-state index in [1.165, 1.54) is 6.42 Å². The number of rotatable bonds is 1. The summed E-state index contributed by atoms with van der Waals surface area (Å²) in [6.07, 6.45) is 5.36. The minimum atomic E-state index is -0.497. The summed E-state index contributed by atoms with van der Waals surface area (Å²) >= 11 is 0. The minimum absolute atomic E-state index is 0.301. The van der Waals surface area contributed by atoms with Gasteiger partial charge in [-0.2, -0.15) is 0 Å². The number of primary amides is 1. The maximum Gasteiger partial charge on any atom is 0.223 e. The van der Waals surface area contributed by atoms with E-state index in [9.17, 15) is 9.90 Å². The molecule has 1 aliphatic carbocycles. The van der Waals surface area contributed by atoms with Gasteiger partial charge in [0.05, 0.1) is 12.0 Å². The number of nitrogens with two attached hydrogens (primary N) is 1. The predicted octanol–water partition coefficient (Wildman–Crippen LogP) is 0.803. The molecule has 1 amide bonds. The van der Waals surface area contributed by atoms with Crippen LogP contribution >= 0.6 is 0 Å². The second-order valence-corrected chi connectivity index (χ2v) is 3.57. The monoisotopic (exact) mass is 171 g/mol. The first-order valence-electron chi connectivity index (χ1n) is 4.69. The van der Waals surface area contributed by atoms with Crippen LogP contribution in [0.4, 0.5) is 0 Å². The van der Waals surface area contributed by atoms with Crippen molar-refractivity contribution in [3.63, 3.8) is 0 Å². The van der Waals surface area contributed by atoms with Gasteiger partial charge in [0.15, 0.2) is 0 Å². The summed E-state index contributed by atoms with van der Waals surface area (Å²) in [5.74, 6) is -0.644. The number of aliphatic hydroxyl groups is 1. The van der Waals surface area contributed by atoms with Gasteiger partial charge < -0.3 is 10.8 Å². The molecule has 0 aromatic rings. The Morgan fingerprint density at radius 1 is 1.17 bits per heavy atom. The van der Waals surface area contributed by atoms with Crippen molar-refractivity contribution < 1.29 is 9.90 Å². The van der Waals surface area contributed by atoms with Crippen LogP contribution in [0.1, 0.15) is 38.5 Å². The van der Waals surface area contributed by atoms with E-state index in [2.05, 4.69) is 0 Å². The molecule has 0 aliphatic heterocycles. The molecule has 0 unspecified atom stereocenters. The zero-order valence-electron chi connectivity index (χ0n) is 7.33. The summed E-state index contributed by atoms with van der Waals surface area (Å²) in [7, 11) is 0. The average Bonchev–Trinajstić information content (AvgIpc) is 1.96. The summed E-state index contributed by atoms with van der Waals surface area (Å²) in [4.78, 5) is 10.9. The molecule has 1 aliphatic rings. The Morgan fingerprint density at radius 3 is 2.33 bits per heavy atom. The van der Waals surface area contributed by atoms with Gasteiger partial charge in [-0.25, -0.2) is 0 Å². The Bertz CT molecular complexity index is 159. The third kappa shape index (κ3) is 2.48. The number of hydrogen-bond acceptors (Lipinski definition) is 2. The topological polar surface area (TPSA) is 63.3 Å². The first-order valence-corrected chi connectivity index (χ1v) is 4.69. The molecule has 1 fully saturated rings. The maximum atomic E-state index is 10.9. The van der Waals surface area contributed by atoms with Gasteiger partial charge >= 0.3 is 0 Å². The number of carbonyl (C=O) groups is 1. The quantitative estimate of drug-likeness (QED) is 0.613. The van der Waals surface area contributed by atoms with E-state index < -0.39 is 6.10 Å². The highest BCUT2D eigenvalue weighted by Gasteiger charge is 2.24. The molecule has 3 heteroatoms. The molecule has 0 spiro atoms. The minimum Gasteiger partial charge on any atom is -0.392 e. The second-order valence-electron chi connectivity index (χ2n) is 3.57. The number of aliphatic hydroxyl groups excluding tert-OH is 1. The van der Waals surface area contributed by atoms with E-state index in [4.69, 9.17) is 5.73 Å². The van der Waals surface area contributed by atoms with Crippen molar-refractivity contribution in [2.75, 3.05) is 0 Å². The summed E-state index contributed by atoms with van der Waals surface area (Å²) in [6, 6.07) is 0. The van der Waals surface area contributed by atoms with E-state index in [-0.39, 0.29) is 11.8 Å². The van der Waals surface area contributed by atoms with E-state index >= 15 is 0 Å². The largest absolute Gasteiger partial charge is 0.392 e.